The predicted molar refractivity (Wildman–Crippen MR) is 71.8 cm³/mol. The van der Waals surface area contributed by atoms with Crippen LogP contribution in [-0.4, -0.2) is 25.0 Å². The summed E-state index contributed by atoms with van der Waals surface area (Å²) in [6, 6.07) is 5.91. The number of nitrogens with zero attached hydrogens (tertiary/aromatic N) is 5. The lowest BCUT2D eigenvalue weighted by atomic mass is 10.2. The Kier molecular flexibility index (Phi) is 2.99. The second-order valence-corrected chi connectivity index (χ2v) is 4.03. The Morgan fingerprint density at radius 3 is 2.67 bits per heavy atom. The molecule has 9 heteroatoms. The van der Waals surface area contributed by atoms with E-state index in [2.05, 4.69) is 20.1 Å². The largest absolute Gasteiger partial charge is 0.393 e. The highest BCUT2D eigenvalue weighted by atomic mass is 16.6. The molecule has 104 valence electrons. The van der Waals surface area contributed by atoms with Crippen molar-refractivity contribution in [2.24, 2.45) is 0 Å². The molecule has 0 aliphatic rings. The van der Waals surface area contributed by atoms with Crippen molar-refractivity contribution < 1.29 is 9.45 Å². The molecule has 0 amide bonds. The minimum atomic E-state index is -0.573. The molecule has 0 radical (unpaired) electrons. The predicted octanol–water partition coefficient (Wildman–Crippen LogP) is 1.68. The molecule has 3 rings (SSSR count). The zero-order valence-electron chi connectivity index (χ0n) is 10.5. The second-order valence-electron chi connectivity index (χ2n) is 4.03. The van der Waals surface area contributed by atoms with Crippen LogP contribution in [0.1, 0.15) is 0 Å². The number of nitrogens with two attached hydrogens (primary N) is 1. The van der Waals surface area contributed by atoms with Crippen LogP contribution in [0.25, 0.3) is 23.1 Å². The van der Waals surface area contributed by atoms with Crippen molar-refractivity contribution in [2.45, 2.75) is 0 Å². The Hall–Kier alpha value is -3.36. The van der Waals surface area contributed by atoms with E-state index >= 15 is 0 Å². The van der Waals surface area contributed by atoms with Crippen LogP contribution in [0.3, 0.4) is 0 Å². The van der Waals surface area contributed by atoms with E-state index < -0.39 is 4.92 Å². The van der Waals surface area contributed by atoms with Gasteiger partial charge >= 0.3 is 0 Å². The monoisotopic (exact) mass is 284 g/mol. The standard InChI is InChI=1S/C12H8N6O3/c13-8-3-2-7(6-9(8)18(19)20)12-16-11(17-21-12)10-14-4-1-5-15-10/h1-6H,13H2. The molecule has 0 unspecified atom stereocenters. The highest BCUT2D eigenvalue weighted by molar-refractivity contribution is 5.68. The lowest BCUT2D eigenvalue weighted by molar-refractivity contribution is -0.383. The van der Waals surface area contributed by atoms with Gasteiger partial charge < -0.3 is 10.3 Å². The number of aromatic nitrogens is 4. The van der Waals surface area contributed by atoms with E-state index in [-0.39, 0.29) is 23.1 Å². The van der Waals surface area contributed by atoms with Crippen LogP contribution in [0, 0.1) is 10.1 Å². The molecular weight excluding hydrogens is 276 g/mol. The van der Waals surface area contributed by atoms with Gasteiger partial charge in [0.2, 0.25) is 11.6 Å². The summed E-state index contributed by atoms with van der Waals surface area (Å²) in [5, 5.41) is 14.6. The van der Waals surface area contributed by atoms with Crippen molar-refractivity contribution in [3.63, 3.8) is 0 Å². The number of nitro benzene ring substituents is 1. The van der Waals surface area contributed by atoms with E-state index in [4.69, 9.17) is 10.3 Å². The molecule has 3 aromatic rings. The van der Waals surface area contributed by atoms with Crippen LogP contribution in [0.15, 0.2) is 41.2 Å². The zero-order valence-corrected chi connectivity index (χ0v) is 10.5. The number of anilines is 1. The lowest BCUT2D eigenvalue weighted by Crippen LogP contribution is -1.95. The molecule has 1 aromatic carbocycles. The summed E-state index contributed by atoms with van der Waals surface area (Å²) in [7, 11) is 0. The van der Waals surface area contributed by atoms with Gasteiger partial charge in [-0.1, -0.05) is 5.16 Å². The van der Waals surface area contributed by atoms with E-state index in [0.717, 1.165) is 0 Å². The fourth-order valence-corrected chi connectivity index (χ4v) is 1.68. The quantitative estimate of drug-likeness (QED) is 0.436. The molecule has 0 aliphatic carbocycles. The summed E-state index contributed by atoms with van der Waals surface area (Å²) in [4.78, 5) is 22.4. The van der Waals surface area contributed by atoms with E-state index in [1.807, 2.05) is 0 Å². The van der Waals surface area contributed by atoms with Gasteiger partial charge in [0.25, 0.3) is 11.6 Å². The van der Waals surface area contributed by atoms with Gasteiger partial charge in [-0.25, -0.2) is 9.97 Å². The van der Waals surface area contributed by atoms with Crippen LogP contribution in [0.2, 0.25) is 0 Å². The van der Waals surface area contributed by atoms with Crippen LogP contribution in [-0.2, 0) is 0 Å². The van der Waals surface area contributed by atoms with Crippen molar-refractivity contribution in [3.05, 3.63) is 46.8 Å². The maximum Gasteiger partial charge on any atom is 0.292 e. The van der Waals surface area contributed by atoms with E-state index in [0.29, 0.717) is 11.4 Å². The van der Waals surface area contributed by atoms with Crippen molar-refractivity contribution in [1.82, 2.24) is 20.1 Å². The Bertz CT molecular complexity index is 802. The molecule has 0 saturated heterocycles. The van der Waals surface area contributed by atoms with Crippen molar-refractivity contribution in [1.29, 1.82) is 0 Å². The fraction of sp³-hybridized carbons (Fsp3) is 0. The molecule has 21 heavy (non-hydrogen) atoms. The molecule has 0 bridgehead atoms. The minimum absolute atomic E-state index is 0.0647. The average Bonchev–Trinajstić information content (AvgIpc) is 2.98. The zero-order chi connectivity index (χ0) is 14.8. The van der Waals surface area contributed by atoms with Crippen LogP contribution >= 0.6 is 0 Å². The highest BCUT2D eigenvalue weighted by Gasteiger charge is 2.17. The number of nitro groups is 1. The Morgan fingerprint density at radius 2 is 1.95 bits per heavy atom. The topological polar surface area (TPSA) is 134 Å². The summed E-state index contributed by atoms with van der Waals surface area (Å²) in [5.74, 6) is 0.628. The number of hydrogen-bond donors (Lipinski definition) is 1. The lowest BCUT2D eigenvalue weighted by Gasteiger charge is -1.98. The maximum absolute atomic E-state index is 10.9. The normalized spacial score (nSPS) is 10.5. The maximum atomic E-state index is 10.9. The van der Waals surface area contributed by atoms with Crippen LogP contribution in [0.5, 0.6) is 0 Å². The first-order valence-corrected chi connectivity index (χ1v) is 5.80. The van der Waals surface area contributed by atoms with E-state index in [9.17, 15) is 10.1 Å². The second kappa shape index (κ2) is 4.96. The Morgan fingerprint density at radius 1 is 1.19 bits per heavy atom. The third kappa shape index (κ3) is 2.39. The van der Waals surface area contributed by atoms with Crippen molar-refractivity contribution >= 4 is 11.4 Å². The third-order valence-electron chi connectivity index (χ3n) is 2.67. The summed E-state index contributed by atoms with van der Waals surface area (Å²) in [6.07, 6.45) is 3.10. The van der Waals surface area contributed by atoms with Gasteiger partial charge in [-0.2, -0.15) is 4.98 Å². The Balaban J connectivity index is 2.01. The minimum Gasteiger partial charge on any atom is -0.393 e. The van der Waals surface area contributed by atoms with Gasteiger partial charge in [-0.3, -0.25) is 10.1 Å². The first-order valence-electron chi connectivity index (χ1n) is 5.80. The summed E-state index contributed by atoms with van der Waals surface area (Å²) in [5.41, 5.74) is 5.78. The Labute approximate surface area is 117 Å². The van der Waals surface area contributed by atoms with E-state index in [1.165, 1.54) is 12.1 Å². The first kappa shape index (κ1) is 12.7. The van der Waals surface area contributed by atoms with Crippen molar-refractivity contribution in [2.75, 3.05) is 5.73 Å². The molecule has 9 nitrogen and oxygen atoms in total. The molecule has 0 fully saturated rings. The summed E-state index contributed by atoms with van der Waals surface area (Å²) >= 11 is 0. The SMILES string of the molecule is Nc1ccc(-c2nc(-c3ncccn3)no2)cc1[N+](=O)[O-]. The smallest absolute Gasteiger partial charge is 0.292 e. The molecule has 2 heterocycles. The molecule has 0 atom stereocenters. The fourth-order valence-electron chi connectivity index (χ4n) is 1.68. The highest BCUT2D eigenvalue weighted by Crippen LogP contribution is 2.28. The van der Waals surface area contributed by atoms with Crippen molar-refractivity contribution in [3.8, 4) is 23.1 Å². The molecule has 2 aromatic heterocycles. The van der Waals surface area contributed by atoms with Crippen LogP contribution in [0.4, 0.5) is 11.4 Å². The number of rotatable bonds is 3. The molecule has 2 N–H and O–H groups in total. The summed E-state index contributed by atoms with van der Waals surface area (Å²) in [6.45, 7) is 0. The van der Waals surface area contributed by atoms with Gasteiger partial charge in [-0.05, 0) is 18.2 Å². The van der Waals surface area contributed by atoms with Gasteiger partial charge in [0, 0.05) is 24.0 Å². The van der Waals surface area contributed by atoms with E-state index in [1.54, 1.807) is 24.5 Å². The van der Waals surface area contributed by atoms with Gasteiger partial charge in [-0.15, -0.1) is 0 Å². The number of nitrogen functional groups attached to an aromatic ring is 1. The molecule has 0 spiro atoms. The number of hydrogen-bond acceptors (Lipinski definition) is 8. The summed E-state index contributed by atoms with van der Waals surface area (Å²) < 4.78 is 5.08. The molecule has 0 saturated carbocycles. The number of benzene rings is 1. The first-order chi connectivity index (χ1) is 10.1. The molecule has 0 aliphatic heterocycles. The van der Waals surface area contributed by atoms with Crippen LogP contribution < -0.4 is 5.73 Å². The van der Waals surface area contributed by atoms with Gasteiger partial charge in [0.1, 0.15) is 5.69 Å². The van der Waals surface area contributed by atoms with Gasteiger partial charge in [0.05, 0.1) is 4.92 Å². The van der Waals surface area contributed by atoms with Gasteiger partial charge in [0.15, 0.2) is 0 Å². The molecular formula is C12H8N6O3. The third-order valence-corrected chi connectivity index (χ3v) is 2.67. The average molecular weight is 284 g/mol.